The van der Waals surface area contributed by atoms with Crippen LogP contribution in [0.25, 0.3) is 6.08 Å². The maximum Gasteiger partial charge on any atom is 0.338 e. The molecule has 0 aliphatic carbocycles. The zero-order valence-electron chi connectivity index (χ0n) is 23.5. The molecule has 0 fully saturated rings. The van der Waals surface area contributed by atoms with Crippen LogP contribution in [0, 0.1) is 0 Å². The molecule has 0 amide bonds. The molecule has 1 aromatic heterocycles. The number of nitrogens with zero attached hydrogens (tertiary/aromatic N) is 2. The summed E-state index contributed by atoms with van der Waals surface area (Å²) in [4.78, 5) is 33.3. The minimum atomic E-state index is -0.656. The fourth-order valence-corrected chi connectivity index (χ4v) is 6.26. The highest BCUT2D eigenvalue weighted by Crippen LogP contribution is 2.32. The number of hydrogen-bond donors (Lipinski definition) is 0. The number of aromatic nitrogens is 1. The molecular weight excluding hydrogens is 592 g/mol. The smallest absolute Gasteiger partial charge is 0.338 e. The van der Waals surface area contributed by atoms with Gasteiger partial charge in [0.25, 0.3) is 5.56 Å². The van der Waals surface area contributed by atoms with Crippen molar-refractivity contribution in [2.45, 2.75) is 31.4 Å². The van der Waals surface area contributed by atoms with Crippen molar-refractivity contribution in [1.29, 1.82) is 0 Å². The van der Waals surface area contributed by atoms with Gasteiger partial charge in [-0.1, -0.05) is 53.3 Å². The molecule has 1 aliphatic rings. The lowest BCUT2D eigenvalue weighted by Gasteiger charge is -2.24. The number of benzene rings is 3. The lowest BCUT2D eigenvalue weighted by atomic mass is 9.96. The van der Waals surface area contributed by atoms with Crippen LogP contribution >= 0.6 is 34.7 Å². The molecule has 216 valence electrons. The number of esters is 1. The van der Waals surface area contributed by atoms with Crippen LogP contribution in [-0.2, 0) is 16.1 Å². The van der Waals surface area contributed by atoms with E-state index < -0.39 is 12.0 Å². The fraction of sp³-hybridized carbons (Fsp3) is 0.219. The molecule has 1 aliphatic heterocycles. The van der Waals surface area contributed by atoms with E-state index in [1.54, 1.807) is 43.4 Å². The molecule has 0 saturated carbocycles. The van der Waals surface area contributed by atoms with Crippen LogP contribution in [0.5, 0.6) is 11.5 Å². The normalized spacial score (nSPS) is 14.8. The Morgan fingerprint density at radius 2 is 1.83 bits per heavy atom. The highest BCUT2D eigenvalue weighted by atomic mass is 35.5. The van der Waals surface area contributed by atoms with Crippen molar-refractivity contribution in [3.8, 4) is 11.5 Å². The highest BCUT2D eigenvalue weighted by molar-refractivity contribution is 7.98. The molecule has 10 heteroatoms. The topological polar surface area (TPSA) is 79.1 Å². The minimum Gasteiger partial charge on any atom is -0.493 e. The maximum absolute atomic E-state index is 13.9. The van der Waals surface area contributed by atoms with Gasteiger partial charge in [-0.3, -0.25) is 9.36 Å². The minimum absolute atomic E-state index is 0.222. The number of carbonyl (C=O) groups is 1. The van der Waals surface area contributed by atoms with E-state index in [4.69, 9.17) is 25.8 Å². The first kappa shape index (κ1) is 29.7. The molecule has 0 bridgehead atoms. The lowest BCUT2D eigenvalue weighted by molar-refractivity contribution is -0.139. The van der Waals surface area contributed by atoms with Crippen molar-refractivity contribution in [3.05, 3.63) is 119 Å². The van der Waals surface area contributed by atoms with Crippen molar-refractivity contribution in [2.24, 2.45) is 4.99 Å². The average molecular weight is 621 g/mol. The van der Waals surface area contributed by atoms with Crippen LogP contribution in [0.4, 0.5) is 0 Å². The van der Waals surface area contributed by atoms with Gasteiger partial charge in [-0.25, -0.2) is 9.79 Å². The zero-order valence-corrected chi connectivity index (χ0v) is 25.9. The lowest BCUT2D eigenvalue weighted by Crippen LogP contribution is -2.39. The Morgan fingerprint density at radius 1 is 1.10 bits per heavy atom. The van der Waals surface area contributed by atoms with E-state index in [0.717, 1.165) is 21.6 Å². The molecule has 7 nitrogen and oxygen atoms in total. The average Bonchev–Trinajstić information content (AvgIpc) is 3.30. The van der Waals surface area contributed by atoms with Crippen LogP contribution in [0.15, 0.2) is 92.7 Å². The third-order valence-corrected chi connectivity index (χ3v) is 8.72. The van der Waals surface area contributed by atoms with Crippen molar-refractivity contribution in [1.82, 2.24) is 4.57 Å². The van der Waals surface area contributed by atoms with E-state index in [1.807, 2.05) is 73.0 Å². The predicted molar refractivity (Wildman–Crippen MR) is 167 cm³/mol. The number of ether oxygens (including phenoxy) is 3. The van der Waals surface area contributed by atoms with Gasteiger partial charge in [0.15, 0.2) is 16.3 Å². The van der Waals surface area contributed by atoms with Crippen molar-refractivity contribution in [3.63, 3.8) is 0 Å². The van der Waals surface area contributed by atoms with Gasteiger partial charge in [0, 0.05) is 9.92 Å². The molecule has 2 heterocycles. The van der Waals surface area contributed by atoms with Crippen LogP contribution < -0.4 is 24.4 Å². The number of allylic oxidation sites excluding steroid dienone is 1. The standard InChI is InChI=1S/C32H29ClN2O5S2/c1-5-39-31(37)28-19(2)34-32-35(29(28)22-9-13-24(41-4)14-10-22)30(36)27(42-32)17-21-8-15-25(26(16-21)38-3)40-18-20-6-11-23(33)12-7-20/h6-17,29H,5,18H2,1-4H3/b27-17+. The molecular formula is C32H29ClN2O5S2. The second-order valence-electron chi connectivity index (χ2n) is 9.40. The second-order valence-corrected chi connectivity index (χ2v) is 11.7. The van der Waals surface area contributed by atoms with Crippen LogP contribution in [0.3, 0.4) is 0 Å². The zero-order chi connectivity index (χ0) is 29.8. The monoisotopic (exact) mass is 620 g/mol. The first-order valence-electron chi connectivity index (χ1n) is 13.2. The Balaban J connectivity index is 1.53. The maximum atomic E-state index is 13.9. The summed E-state index contributed by atoms with van der Waals surface area (Å²) in [5.74, 6) is 0.637. The van der Waals surface area contributed by atoms with Crippen LogP contribution in [0.2, 0.25) is 5.02 Å². The summed E-state index contributed by atoms with van der Waals surface area (Å²) >= 11 is 8.88. The number of thiazole rings is 1. The summed E-state index contributed by atoms with van der Waals surface area (Å²) in [5.41, 5.74) is 3.19. The number of carbonyl (C=O) groups excluding carboxylic acids is 1. The summed E-state index contributed by atoms with van der Waals surface area (Å²) < 4.78 is 19.0. The van der Waals surface area contributed by atoms with Crippen molar-refractivity contribution >= 4 is 46.7 Å². The second kappa shape index (κ2) is 13.0. The van der Waals surface area contributed by atoms with Gasteiger partial charge in [0.1, 0.15) is 6.61 Å². The van der Waals surface area contributed by atoms with Gasteiger partial charge in [-0.05, 0) is 79.3 Å². The van der Waals surface area contributed by atoms with Crippen LogP contribution in [-0.4, -0.2) is 30.5 Å². The largest absolute Gasteiger partial charge is 0.493 e. The summed E-state index contributed by atoms with van der Waals surface area (Å²) in [5, 5.41) is 0.665. The molecule has 3 aromatic carbocycles. The number of thioether (sulfide) groups is 1. The number of methoxy groups -OCH3 is 1. The van der Waals surface area contributed by atoms with E-state index >= 15 is 0 Å². The SMILES string of the molecule is CCOC(=O)C1=C(C)N=c2s/c(=C/c3ccc(OCc4ccc(Cl)cc4)c(OC)c3)c(=O)n2C1c1ccc(SC)cc1. The van der Waals surface area contributed by atoms with E-state index in [1.165, 1.54) is 11.3 Å². The molecule has 5 rings (SSSR count). The molecule has 0 N–H and O–H groups in total. The Hall–Kier alpha value is -3.79. The molecule has 0 spiro atoms. The first-order chi connectivity index (χ1) is 20.3. The first-order valence-corrected chi connectivity index (χ1v) is 15.6. The summed E-state index contributed by atoms with van der Waals surface area (Å²) in [7, 11) is 1.57. The Bertz CT molecular complexity index is 1830. The molecule has 0 saturated heterocycles. The van der Waals surface area contributed by atoms with Gasteiger partial charge in [-0.15, -0.1) is 11.8 Å². The molecule has 4 aromatic rings. The van der Waals surface area contributed by atoms with E-state index in [2.05, 4.69) is 4.99 Å². The number of hydrogen-bond acceptors (Lipinski definition) is 8. The van der Waals surface area contributed by atoms with Gasteiger partial charge < -0.3 is 14.2 Å². The third kappa shape index (κ3) is 6.18. The Labute approximate surface area is 256 Å². The van der Waals surface area contributed by atoms with Gasteiger partial charge in [0.2, 0.25) is 0 Å². The predicted octanol–water partition coefficient (Wildman–Crippen LogP) is 5.76. The molecule has 0 radical (unpaired) electrons. The summed E-state index contributed by atoms with van der Waals surface area (Å²) in [6.45, 7) is 4.11. The van der Waals surface area contributed by atoms with E-state index in [9.17, 15) is 9.59 Å². The number of fused-ring (bicyclic) bond motifs is 1. The van der Waals surface area contributed by atoms with Crippen LogP contribution in [0.1, 0.15) is 36.6 Å². The molecule has 1 unspecified atom stereocenters. The van der Waals surface area contributed by atoms with E-state index in [0.29, 0.717) is 43.7 Å². The fourth-order valence-electron chi connectivity index (χ4n) is 4.68. The molecule has 42 heavy (non-hydrogen) atoms. The van der Waals surface area contributed by atoms with Crippen molar-refractivity contribution < 1.29 is 19.0 Å². The van der Waals surface area contributed by atoms with Gasteiger partial charge in [-0.2, -0.15) is 0 Å². The summed E-state index contributed by atoms with van der Waals surface area (Å²) in [6.07, 6.45) is 3.80. The van der Waals surface area contributed by atoms with Gasteiger partial charge >= 0.3 is 5.97 Å². The number of halogens is 1. The quantitative estimate of drug-likeness (QED) is 0.175. The van der Waals surface area contributed by atoms with Crippen molar-refractivity contribution in [2.75, 3.05) is 20.0 Å². The summed E-state index contributed by atoms with van der Waals surface area (Å²) in [6, 6.07) is 20.1. The Morgan fingerprint density at radius 3 is 2.50 bits per heavy atom. The number of rotatable bonds is 9. The Kier molecular flexibility index (Phi) is 9.21. The van der Waals surface area contributed by atoms with E-state index in [-0.39, 0.29) is 12.2 Å². The van der Waals surface area contributed by atoms with Gasteiger partial charge in [0.05, 0.1) is 35.6 Å². The highest BCUT2D eigenvalue weighted by Gasteiger charge is 2.33. The molecule has 1 atom stereocenters. The third-order valence-electron chi connectivity index (χ3n) is 6.74.